The molecule has 25 heavy (non-hydrogen) atoms. The van der Waals surface area contributed by atoms with E-state index < -0.39 is 6.10 Å². The van der Waals surface area contributed by atoms with Gasteiger partial charge in [-0.2, -0.15) is 0 Å². The molecule has 1 aromatic carbocycles. The lowest BCUT2D eigenvalue weighted by Gasteiger charge is -2.18. The number of hydrogen-bond acceptors (Lipinski definition) is 4. The van der Waals surface area contributed by atoms with Crippen LogP contribution in [0.15, 0.2) is 29.3 Å². The maximum atomic E-state index is 12.5. The van der Waals surface area contributed by atoms with Gasteiger partial charge in [-0.3, -0.25) is 14.2 Å². The van der Waals surface area contributed by atoms with Crippen molar-refractivity contribution >= 4 is 16.8 Å². The van der Waals surface area contributed by atoms with E-state index >= 15 is 0 Å². The number of benzene rings is 1. The number of nitrogens with zero attached hydrogens (tertiary/aromatic N) is 2. The molecule has 1 aromatic heterocycles. The molecule has 134 valence electrons. The molecular weight excluding hydrogens is 318 g/mol. The van der Waals surface area contributed by atoms with E-state index in [9.17, 15) is 14.7 Å². The molecule has 1 saturated carbocycles. The second-order valence-electron chi connectivity index (χ2n) is 6.88. The molecule has 1 heterocycles. The van der Waals surface area contributed by atoms with E-state index in [2.05, 4.69) is 10.3 Å². The Morgan fingerprint density at radius 2 is 2.16 bits per heavy atom. The summed E-state index contributed by atoms with van der Waals surface area (Å²) in [4.78, 5) is 28.8. The predicted molar refractivity (Wildman–Crippen MR) is 96.3 cm³/mol. The molecular formula is C19H25N3O3. The molecule has 1 unspecified atom stereocenters. The van der Waals surface area contributed by atoms with Gasteiger partial charge in [-0.05, 0) is 37.3 Å². The van der Waals surface area contributed by atoms with Gasteiger partial charge < -0.3 is 10.4 Å². The lowest BCUT2D eigenvalue weighted by atomic mass is 10.0. The number of carbonyl (C=O) groups excluding carboxylic acids is 1. The van der Waals surface area contributed by atoms with Crippen LogP contribution in [0.5, 0.6) is 0 Å². The first-order chi connectivity index (χ1) is 12.1. The monoisotopic (exact) mass is 343 g/mol. The molecule has 1 aliphatic carbocycles. The number of aliphatic hydroxyl groups is 1. The van der Waals surface area contributed by atoms with Gasteiger partial charge in [-0.1, -0.05) is 25.0 Å². The number of aryl methyl sites for hydroxylation is 2. The number of rotatable bonds is 6. The van der Waals surface area contributed by atoms with Gasteiger partial charge in [-0.15, -0.1) is 0 Å². The zero-order valence-corrected chi connectivity index (χ0v) is 14.6. The van der Waals surface area contributed by atoms with Gasteiger partial charge in [0.2, 0.25) is 5.91 Å². The Labute approximate surface area is 146 Å². The highest BCUT2D eigenvalue weighted by atomic mass is 16.3. The molecule has 6 nitrogen and oxygen atoms in total. The molecule has 6 heteroatoms. The summed E-state index contributed by atoms with van der Waals surface area (Å²) in [6.07, 6.45) is 5.61. The molecule has 0 saturated heterocycles. The fraction of sp³-hybridized carbons (Fsp3) is 0.526. The van der Waals surface area contributed by atoms with Gasteiger partial charge in [-0.25, -0.2) is 4.98 Å². The van der Waals surface area contributed by atoms with Crippen molar-refractivity contribution < 1.29 is 9.90 Å². The van der Waals surface area contributed by atoms with E-state index in [1.165, 1.54) is 10.9 Å². The summed E-state index contributed by atoms with van der Waals surface area (Å²) in [5.74, 6) is 0.143. The molecule has 0 radical (unpaired) electrons. The van der Waals surface area contributed by atoms with Crippen LogP contribution >= 0.6 is 0 Å². The number of aromatic nitrogens is 2. The van der Waals surface area contributed by atoms with Crippen molar-refractivity contribution in [3.63, 3.8) is 0 Å². The van der Waals surface area contributed by atoms with E-state index in [-0.39, 0.29) is 31.0 Å². The first-order valence-corrected chi connectivity index (χ1v) is 8.96. The fourth-order valence-corrected chi connectivity index (χ4v) is 3.53. The van der Waals surface area contributed by atoms with Gasteiger partial charge in [0.25, 0.3) is 5.56 Å². The Morgan fingerprint density at radius 3 is 2.92 bits per heavy atom. The number of carbonyl (C=O) groups is 1. The van der Waals surface area contributed by atoms with Crippen molar-refractivity contribution in [3.8, 4) is 0 Å². The van der Waals surface area contributed by atoms with Crippen molar-refractivity contribution in [2.75, 3.05) is 6.54 Å². The fourth-order valence-electron chi connectivity index (χ4n) is 3.53. The Hall–Kier alpha value is -2.21. The van der Waals surface area contributed by atoms with Gasteiger partial charge in [0, 0.05) is 19.5 Å². The van der Waals surface area contributed by atoms with Crippen molar-refractivity contribution in [2.45, 2.75) is 51.7 Å². The van der Waals surface area contributed by atoms with Crippen LogP contribution in [0.4, 0.5) is 0 Å². The third kappa shape index (κ3) is 4.07. The Morgan fingerprint density at radius 1 is 1.40 bits per heavy atom. The third-order valence-corrected chi connectivity index (χ3v) is 5.09. The number of aliphatic hydroxyl groups excluding tert-OH is 1. The first-order valence-electron chi connectivity index (χ1n) is 8.96. The van der Waals surface area contributed by atoms with Crippen LogP contribution in [0.1, 0.15) is 37.7 Å². The highest BCUT2D eigenvalue weighted by Gasteiger charge is 2.23. The zero-order chi connectivity index (χ0) is 17.8. The summed E-state index contributed by atoms with van der Waals surface area (Å²) in [7, 11) is 0. The van der Waals surface area contributed by atoms with Gasteiger partial charge in [0.05, 0.1) is 23.3 Å². The standard InChI is InChI=1S/C19H25N3O3/c1-13-5-4-8-15-18(13)21-12-22(19(15)25)10-9-17(24)20-11-16(23)14-6-2-3-7-14/h4-5,8,12,14,16,23H,2-3,6-7,9-11H2,1H3,(H,20,24). The van der Waals surface area contributed by atoms with Gasteiger partial charge >= 0.3 is 0 Å². The van der Waals surface area contributed by atoms with Crippen LogP contribution < -0.4 is 10.9 Å². The Bertz CT molecular complexity index is 809. The quantitative estimate of drug-likeness (QED) is 0.837. The molecule has 0 spiro atoms. The number of amides is 1. The minimum atomic E-state index is -0.473. The van der Waals surface area contributed by atoms with E-state index in [1.807, 2.05) is 19.1 Å². The summed E-state index contributed by atoms with van der Waals surface area (Å²) < 4.78 is 1.47. The number of nitrogens with one attached hydrogen (secondary N) is 1. The Kier molecular flexibility index (Phi) is 5.48. The van der Waals surface area contributed by atoms with Crippen molar-refractivity contribution in [1.82, 2.24) is 14.9 Å². The van der Waals surface area contributed by atoms with Gasteiger partial charge in [0.1, 0.15) is 0 Å². The minimum absolute atomic E-state index is 0.132. The zero-order valence-electron chi connectivity index (χ0n) is 14.6. The lowest BCUT2D eigenvalue weighted by Crippen LogP contribution is -2.36. The van der Waals surface area contributed by atoms with Crippen LogP contribution in [0.3, 0.4) is 0 Å². The van der Waals surface area contributed by atoms with Crippen LogP contribution in [0, 0.1) is 12.8 Å². The van der Waals surface area contributed by atoms with E-state index in [4.69, 9.17) is 0 Å². The third-order valence-electron chi connectivity index (χ3n) is 5.09. The molecule has 3 rings (SSSR count). The first kappa shape index (κ1) is 17.6. The SMILES string of the molecule is Cc1cccc2c(=O)n(CCC(=O)NCC(O)C3CCCC3)cnc12. The topological polar surface area (TPSA) is 84.2 Å². The maximum Gasteiger partial charge on any atom is 0.261 e. The van der Waals surface area contributed by atoms with Crippen molar-refractivity contribution in [3.05, 3.63) is 40.4 Å². The molecule has 0 bridgehead atoms. The normalized spacial score (nSPS) is 16.2. The van der Waals surface area contributed by atoms with E-state index in [0.717, 1.165) is 31.2 Å². The van der Waals surface area contributed by atoms with Crippen LogP contribution in [0.2, 0.25) is 0 Å². The maximum absolute atomic E-state index is 12.5. The highest BCUT2D eigenvalue weighted by molar-refractivity contribution is 5.80. The van der Waals surface area contributed by atoms with E-state index in [1.54, 1.807) is 6.07 Å². The average molecular weight is 343 g/mol. The number of fused-ring (bicyclic) bond motifs is 1. The van der Waals surface area contributed by atoms with Crippen molar-refractivity contribution in [1.29, 1.82) is 0 Å². The largest absolute Gasteiger partial charge is 0.391 e. The van der Waals surface area contributed by atoms with Gasteiger partial charge in [0.15, 0.2) is 0 Å². The summed E-state index contributed by atoms with van der Waals surface area (Å²) >= 11 is 0. The molecule has 1 amide bonds. The predicted octanol–water partition coefficient (Wildman–Crippen LogP) is 1.76. The summed E-state index contributed by atoms with van der Waals surface area (Å²) in [5, 5.41) is 13.4. The lowest BCUT2D eigenvalue weighted by molar-refractivity contribution is -0.121. The number of para-hydroxylation sites is 1. The summed E-state index contributed by atoms with van der Waals surface area (Å²) in [5.41, 5.74) is 1.53. The molecule has 1 fully saturated rings. The average Bonchev–Trinajstić information content (AvgIpc) is 3.14. The van der Waals surface area contributed by atoms with Crippen LogP contribution in [-0.2, 0) is 11.3 Å². The van der Waals surface area contributed by atoms with E-state index in [0.29, 0.717) is 16.8 Å². The number of hydrogen-bond donors (Lipinski definition) is 2. The summed E-state index contributed by atoms with van der Waals surface area (Å²) in [6.45, 7) is 2.48. The molecule has 1 aliphatic rings. The molecule has 1 atom stereocenters. The van der Waals surface area contributed by atoms with Crippen molar-refractivity contribution in [2.24, 2.45) is 5.92 Å². The minimum Gasteiger partial charge on any atom is -0.391 e. The second kappa shape index (κ2) is 7.78. The highest BCUT2D eigenvalue weighted by Crippen LogP contribution is 2.27. The molecule has 0 aliphatic heterocycles. The Balaban J connectivity index is 1.56. The van der Waals surface area contributed by atoms with Crippen LogP contribution in [-0.4, -0.2) is 33.2 Å². The molecule has 2 aromatic rings. The van der Waals surface area contributed by atoms with Crippen LogP contribution in [0.25, 0.3) is 10.9 Å². The smallest absolute Gasteiger partial charge is 0.261 e. The molecule has 2 N–H and O–H groups in total. The second-order valence-corrected chi connectivity index (χ2v) is 6.88. The summed E-state index contributed by atoms with van der Waals surface area (Å²) in [6, 6.07) is 5.51.